The number of hydrogen-bond acceptors (Lipinski definition) is 4. The number of benzene rings is 2. The molecular formula is C27H38ClN5O. The van der Waals surface area contributed by atoms with Gasteiger partial charge in [-0.05, 0) is 48.7 Å². The number of aryl methyl sites for hydroxylation is 1. The minimum absolute atomic E-state index is 0.0957. The molecule has 1 aliphatic rings. The predicted molar refractivity (Wildman–Crippen MR) is 143 cm³/mol. The van der Waals surface area contributed by atoms with Crippen LogP contribution in [0.25, 0.3) is 0 Å². The summed E-state index contributed by atoms with van der Waals surface area (Å²) >= 11 is 6.29. The molecule has 0 bridgehead atoms. The molecule has 0 spiro atoms. The highest BCUT2D eigenvalue weighted by molar-refractivity contribution is 6.31. The third kappa shape index (κ3) is 8.05. The van der Waals surface area contributed by atoms with Crippen molar-refractivity contribution in [3.05, 3.63) is 76.8 Å². The van der Waals surface area contributed by atoms with Gasteiger partial charge in [-0.2, -0.15) is 0 Å². The van der Waals surface area contributed by atoms with Crippen LogP contribution in [-0.4, -0.2) is 74.7 Å². The van der Waals surface area contributed by atoms with Crippen molar-refractivity contribution in [2.75, 3.05) is 63.8 Å². The number of amides is 2. The largest absolute Gasteiger partial charge is 0.370 e. The van der Waals surface area contributed by atoms with Crippen molar-refractivity contribution in [2.45, 2.75) is 20.4 Å². The van der Waals surface area contributed by atoms with Crippen molar-refractivity contribution in [1.29, 1.82) is 0 Å². The minimum Gasteiger partial charge on any atom is -0.370 e. The summed E-state index contributed by atoms with van der Waals surface area (Å²) in [6, 6.07) is 16.0. The number of carbonyl (C=O) groups excluding carboxylic acids is 1. The molecule has 2 N–H and O–H groups in total. The van der Waals surface area contributed by atoms with Gasteiger partial charge in [0.2, 0.25) is 0 Å². The molecule has 1 heterocycles. The van der Waals surface area contributed by atoms with Gasteiger partial charge in [-0.1, -0.05) is 48.5 Å². The van der Waals surface area contributed by atoms with Gasteiger partial charge in [0.1, 0.15) is 0 Å². The normalized spacial score (nSPS) is 14.0. The van der Waals surface area contributed by atoms with E-state index in [2.05, 4.69) is 65.1 Å². The number of nitrogens with zero attached hydrogens (tertiary/aromatic N) is 3. The van der Waals surface area contributed by atoms with Crippen LogP contribution in [0.15, 0.2) is 60.7 Å². The molecule has 2 aromatic carbocycles. The summed E-state index contributed by atoms with van der Waals surface area (Å²) in [5, 5.41) is 7.10. The van der Waals surface area contributed by atoms with Crippen molar-refractivity contribution >= 4 is 23.3 Å². The van der Waals surface area contributed by atoms with Crippen molar-refractivity contribution in [2.24, 2.45) is 0 Å². The van der Waals surface area contributed by atoms with E-state index >= 15 is 0 Å². The van der Waals surface area contributed by atoms with E-state index in [1.54, 1.807) is 0 Å². The van der Waals surface area contributed by atoms with Crippen LogP contribution in [0.4, 0.5) is 10.5 Å². The second kappa shape index (κ2) is 13.4. The summed E-state index contributed by atoms with van der Waals surface area (Å²) in [6.45, 7) is 16.5. The zero-order valence-electron chi connectivity index (χ0n) is 20.5. The van der Waals surface area contributed by atoms with Crippen LogP contribution in [0.1, 0.15) is 18.1 Å². The van der Waals surface area contributed by atoms with Crippen molar-refractivity contribution in [1.82, 2.24) is 20.4 Å². The maximum absolute atomic E-state index is 13.2. The molecule has 0 aromatic heterocycles. The smallest absolute Gasteiger partial charge is 0.318 e. The lowest BCUT2D eigenvalue weighted by Gasteiger charge is -2.32. The summed E-state index contributed by atoms with van der Waals surface area (Å²) in [6.07, 6.45) is 0. The standard InChI is InChI=1S/C27H38ClN5O/c1-4-32(25-10-7-8-22(2)18-25)16-17-33(21-23(3)20-31-14-12-29-13-15-31)27(34)30-19-24-9-5-6-11-26(24)28/h5-11,18,29H,3-4,12-17,19-21H2,1-2H3,(H,30,34). The number of carbonyl (C=O) groups is 1. The number of urea groups is 1. The fourth-order valence-electron chi connectivity index (χ4n) is 4.22. The summed E-state index contributed by atoms with van der Waals surface area (Å²) in [4.78, 5) is 19.8. The molecule has 0 saturated carbocycles. The first kappa shape index (κ1) is 26.1. The highest BCUT2D eigenvalue weighted by atomic mass is 35.5. The van der Waals surface area contributed by atoms with E-state index in [9.17, 15) is 4.79 Å². The number of nitrogens with one attached hydrogen (secondary N) is 2. The summed E-state index contributed by atoms with van der Waals surface area (Å²) in [7, 11) is 0. The Morgan fingerprint density at radius 1 is 1.15 bits per heavy atom. The molecular weight excluding hydrogens is 446 g/mol. The quantitative estimate of drug-likeness (QED) is 0.471. The lowest BCUT2D eigenvalue weighted by atomic mass is 10.2. The van der Waals surface area contributed by atoms with Gasteiger partial charge in [-0.15, -0.1) is 0 Å². The first-order valence-corrected chi connectivity index (χ1v) is 12.5. The lowest BCUT2D eigenvalue weighted by Crippen LogP contribution is -2.47. The van der Waals surface area contributed by atoms with E-state index in [4.69, 9.17) is 11.6 Å². The van der Waals surface area contributed by atoms with E-state index in [-0.39, 0.29) is 6.03 Å². The zero-order chi connectivity index (χ0) is 24.3. The fraction of sp³-hybridized carbons (Fsp3) is 0.444. The average molecular weight is 484 g/mol. The predicted octanol–water partition coefficient (Wildman–Crippen LogP) is 4.15. The zero-order valence-corrected chi connectivity index (χ0v) is 21.3. The first-order valence-electron chi connectivity index (χ1n) is 12.1. The Morgan fingerprint density at radius 2 is 1.91 bits per heavy atom. The maximum Gasteiger partial charge on any atom is 0.318 e. The highest BCUT2D eigenvalue weighted by Crippen LogP contribution is 2.17. The number of hydrogen-bond donors (Lipinski definition) is 2. The van der Waals surface area contributed by atoms with Gasteiger partial charge >= 0.3 is 6.03 Å². The molecule has 0 unspecified atom stereocenters. The number of anilines is 1. The van der Waals surface area contributed by atoms with Crippen LogP contribution in [-0.2, 0) is 6.54 Å². The van der Waals surface area contributed by atoms with Gasteiger partial charge < -0.3 is 20.4 Å². The van der Waals surface area contributed by atoms with Crippen LogP contribution in [0.2, 0.25) is 5.02 Å². The molecule has 7 heteroatoms. The molecule has 0 aliphatic carbocycles. The van der Waals surface area contributed by atoms with E-state index in [0.29, 0.717) is 24.7 Å². The average Bonchev–Trinajstić information content (AvgIpc) is 2.83. The van der Waals surface area contributed by atoms with E-state index in [0.717, 1.165) is 56.9 Å². The topological polar surface area (TPSA) is 50.9 Å². The Bertz CT molecular complexity index is 944. The van der Waals surface area contributed by atoms with Gasteiger partial charge in [0.15, 0.2) is 0 Å². The summed E-state index contributed by atoms with van der Waals surface area (Å²) in [5.41, 5.74) is 4.37. The van der Waals surface area contributed by atoms with Crippen LogP contribution < -0.4 is 15.5 Å². The summed E-state index contributed by atoms with van der Waals surface area (Å²) < 4.78 is 0. The second-order valence-electron chi connectivity index (χ2n) is 8.87. The number of halogens is 1. The molecule has 0 radical (unpaired) electrons. The minimum atomic E-state index is -0.0957. The number of piperazine rings is 1. The Hall–Kier alpha value is -2.54. The van der Waals surface area contributed by atoms with Crippen LogP contribution in [0, 0.1) is 6.92 Å². The number of likely N-dealkylation sites (N-methyl/N-ethyl adjacent to an activating group) is 1. The number of rotatable bonds is 11. The third-order valence-electron chi connectivity index (χ3n) is 6.13. The van der Waals surface area contributed by atoms with Crippen molar-refractivity contribution in [3.63, 3.8) is 0 Å². The molecule has 34 heavy (non-hydrogen) atoms. The van der Waals surface area contributed by atoms with Gasteiger partial charge in [-0.25, -0.2) is 4.79 Å². The molecule has 3 rings (SSSR count). The second-order valence-corrected chi connectivity index (χ2v) is 9.27. The molecule has 1 aliphatic heterocycles. The van der Waals surface area contributed by atoms with Crippen molar-refractivity contribution in [3.8, 4) is 0 Å². The van der Waals surface area contributed by atoms with Gasteiger partial charge in [-0.3, -0.25) is 4.90 Å². The molecule has 1 fully saturated rings. The Balaban J connectivity index is 1.64. The van der Waals surface area contributed by atoms with Gasteiger partial charge in [0, 0.05) is 76.2 Å². The Kier molecular flexibility index (Phi) is 10.3. The molecule has 0 atom stereocenters. The van der Waals surface area contributed by atoms with E-state index in [1.807, 2.05) is 29.2 Å². The fourth-order valence-corrected chi connectivity index (χ4v) is 4.42. The van der Waals surface area contributed by atoms with E-state index < -0.39 is 0 Å². The van der Waals surface area contributed by atoms with Crippen molar-refractivity contribution < 1.29 is 4.79 Å². The third-order valence-corrected chi connectivity index (χ3v) is 6.50. The molecule has 2 aromatic rings. The molecule has 6 nitrogen and oxygen atoms in total. The molecule has 1 saturated heterocycles. The maximum atomic E-state index is 13.2. The first-order chi connectivity index (χ1) is 16.5. The lowest BCUT2D eigenvalue weighted by molar-refractivity contribution is 0.199. The molecule has 2 amide bonds. The molecule has 184 valence electrons. The SMILES string of the molecule is C=C(CN1CCNCC1)CN(CCN(CC)c1cccc(C)c1)C(=O)NCc1ccccc1Cl. The monoisotopic (exact) mass is 483 g/mol. The highest BCUT2D eigenvalue weighted by Gasteiger charge is 2.18. The van der Waals surface area contributed by atoms with Crippen LogP contribution >= 0.6 is 11.6 Å². The Labute approximate surface area is 209 Å². The van der Waals surface area contributed by atoms with Crippen LogP contribution in [0.3, 0.4) is 0 Å². The summed E-state index contributed by atoms with van der Waals surface area (Å²) in [5.74, 6) is 0. The van der Waals surface area contributed by atoms with Gasteiger partial charge in [0.25, 0.3) is 0 Å². The Morgan fingerprint density at radius 3 is 2.62 bits per heavy atom. The van der Waals surface area contributed by atoms with Crippen LogP contribution in [0.5, 0.6) is 0 Å². The van der Waals surface area contributed by atoms with Gasteiger partial charge in [0.05, 0.1) is 0 Å². The van der Waals surface area contributed by atoms with E-state index in [1.165, 1.54) is 11.3 Å².